The van der Waals surface area contributed by atoms with E-state index in [1.165, 1.54) is 0 Å². The third kappa shape index (κ3) is 5.01. The van der Waals surface area contributed by atoms with E-state index in [2.05, 4.69) is 0 Å². The Morgan fingerprint density at radius 1 is 0.632 bits per heavy atom. The molecule has 19 heavy (non-hydrogen) atoms. The molecule has 2 radical (unpaired) electrons. The second kappa shape index (κ2) is 8.67. The van der Waals surface area contributed by atoms with Crippen LogP contribution in [0.15, 0.2) is 60.7 Å². The molecule has 0 bridgehead atoms. The fourth-order valence-corrected chi connectivity index (χ4v) is 1.35. The summed E-state index contributed by atoms with van der Waals surface area (Å²) in [7, 11) is 0. The molecule has 2 aromatic rings. The van der Waals surface area contributed by atoms with Crippen LogP contribution in [0.5, 0.6) is 0 Å². The number of carbonyl (C=O) groups is 2. The molecule has 0 atom stereocenters. The minimum Gasteiger partial charge on any atom is -0.386 e. The quantitative estimate of drug-likeness (QED) is 0.474. The van der Waals surface area contributed by atoms with Crippen molar-refractivity contribution < 1.29 is 48.5 Å². The van der Waals surface area contributed by atoms with Gasteiger partial charge in [-0.25, -0.2) is 9.59 Å². The molecule has 106 valence electrons. The second-order valence-corrected chi connectivity index (χ2v) is 3.41. The average Bonchev–Trinajstić information content (AvgIpc) is 2.40. The van der Waals surface area contributed by atoms with E-state index >= 15 is 0 Å². The van der Waals surface area contributed by atoms with Crippen LogP contribution in [0.3, 0.4) is 0 Å². The summed E-state index contributed by atoms with van der Waals surface area (Å²) >= 11 is 0. The van der Waals surface area contributed by atoms with Crippen LogP contribution in [-0.4, -0.2) is 11.9 Å². The number of hydrogen-bond acceptors (Lipinski definition) is 3. The monoisotopic (exact) mass is 352 g/mol. The molecule has 0 unspecified atom stereocenters. The Labute approximate surface area is 132 Å². The molecule has 0 fully saturated rings. The van der Waals surface area contributed by atoms with Crippen LogP contribution in [0.2, 0.25) is 0 Å². The Morgan fingerprint density at radius 2 is 0.947 bits per heavy atom. The van der Waals surface area contributed by atoms with Crippen LogP contribution in [-0.2, 0) is 38.9 Å². The number of rotatable bonds is 2. The van der Waals surface area contributed by atoms with Gasteiger partial charge in [0.25, 0.3) is 0 Å². The van der Waals surface area contributed by atoms with Crippen LogP contribution in [0, 0.1) is 0 Å². The summed E-state index contributed by atoms with van der Waals surface area (Å²) in [6.45, 7) is 0. The zero-order chi connectivity index (χ0) is 12.1. The summed E-state index contributed by atoms with van der Waals surface area (Å²) in [6, 6.07) is 16.8. The summed E-state index contributed by atoms with van der Waals surface area (Å²) < 4.78 is 4.74. The van der Waals surface area contributed by atoms with Gasteiger partial charge < -0.3 is 4.74 Å². The molecular weight excluding hydrogens is 343 g/mol. The number of esters is 2. The van der Waals surface area contributed by atoms with Gasteiger partial charge in [-0.15, -0.1) is 0 Å². The van der Waals surface area contributed by atoms with Crippen LogP contribution in [0.1, 0.15) is 20.7 Å². The van der Waals surface area contributed by atoms with Crippen molar-refractivity contribution in [3.8, 4) is 0 Å². The smallest absolute Gasteiger partial charge is 0.346 e. The zero-order valence-electron chi connectivity index (χ0n) is 9.60. The minimum absolute atomic E-state index is 0. The van der Waals surface area contributed by atoms with E-state index in [1.807, 2.05) is 0 Å². The van der Waals surface area contributed by atoms with E-state index in [0.29, 0.717) is 11.1 Å². The van der Waals surface area contributed by atoms with Gasteiger partial charge >= 0.3 is 11.9 Å². The van der Waals surface area contributed by atoms with E-state index in [9.17, 15) is 9.59 Å². The summed E-state index contributed by atoms with van der Waals surface area (Å²) in [5.41, 5.74) is 0.716. The molecule has 0 saturated carbocycles. The summed E-state index contributed by atoms with van der Waals surface area (Å²) in [4.78, 5) is 23.2. The van der Waals surface area contributed by atoms with E-state index in [4.69, 9.17) is 4.74 Å². The molecule has 0 aromatic heterocycles. The van der Waals surface area contributed by atoms with E-state index < -0.39 is 11.9 Å². The molecule has 0 aliphatic carbocycles. The van der Waals surface area contributed by atoms with Crippen LogP contribution >= 0.6 is 0 Å². The van der Waals surface area contributed by atoms with Gasteiger partial charge in [-0.2, -0.15) is 0 Å². The number of benzene rings is 2. The Bertz CT molecular complexity index is 477. The first-order valence-corrected chi connectivity index (χ1v) is 5.14. The van der Waals surface area contributed by atoms with Crippen LogP contribution < -0.4 is 0 Å². The maximum absolute atomic E-state index is 11.6. The molecule has 5 heteroatoms. The van der Waals surface area contributed by atoms with Crippen molar-refractivity contribution in [3.05, 3.63) is 71.8 Å². The number of ether oxygens (including phenoxy) is 1. The summed E-state index contributed by atoms with van der Waals surface area (Å²) in [6.07, 6.45) is 0. The number of hydrogen-bond donors (Lipinski definition) is 0. The van der Waals surface area contributed by atoms with Gasteiger partial charge in [-0.05, 0) is 24.3 Å². The molecule has 0 heterocycles. The van der Waals surface area contributed by atoms with Gasteiger partial charge in [0, 0.05) is 34.1 Å². The predicted molar refractivity (Wildman–Crippen MR) is 62.6 cm³/mol. The van der Waals surface area contributed by atoms with Crippen molar-refractivity contribution in [2.75, 3.05) is 0 Å². The first kappa shape index (κ1) is 17.6. The molecule has 2 aromatic carbocycles. The predicted octanol–water partition coefficient (Wildman–Crippen LogP) is 2.68. The van der Waals surface area contributed by atoms with Gasteiger partial charge in [0.05, 0.1) is 11.1 Å². The Kier molecular flexibility index (Phi) is 8.04. The second-order valence-electron chi connectivity index (χ2n) is 3.41. The first-order chi connectivity index (χ1) is 8.27. The Hall–Kier alpha value is -1.38. The van der Waals surface area contributed by atoms with E-state index in [0.717, 1.165) is 0 Å². The summed E-state index contributed by atoms with van der Waals surface area (Å²) in [5, 5.41) is 0. The third-order valence-corrected chi connectivity index (χ3v) is 2.20. The molecular formula is C14H10Cu2O3. The van der Waals surface area contributed by atoms with Crippen molar-refractivity contribution in [1.82, 2.24) is 0 Å². The van der Waals surface area contributed by atoms with Crippen molar-refractivity contribution in [2.24, 2.45) is 0 Å². The van der Waals surface area contributed by atoms with E-state index in [1.54, 1.807) is 60.7 Å². The largest absolute Gasteiger partial charge is 0.386 e. The zero-order valence-corrected chi connectivity index (χ0v) is 11.5. The van der Waals surface area contributed by atoms with Crippen LogP contribution in [0.25, 0.3) is 0 Å². The fraction of sp³-hybridized carbons (Fsp3) is 0. The van der Waals surface area contributed by atoms with Crippen LogP contribution in [0.4, 0.5) is 0 Å². The van der Waals surface area contributed by atoms with Crippen molar-refractivity contribution in [2.45, 2.75) is 0 Å². The average molecular weight is 353 g/mol. The van der Waals surface area contributed by atoms with Gasteiger partial charge in [0.2, 0.25) is 0 Å². The van der Waals surface area contributed by atoms with E-state index in [-0.39, 0.29) is 34.1 Å². The van der Waals surface area contributed by atoms with Gasteiger partial charge in [0.15, 0.2) is 0 Å². The molecule has 0 amide bonds. The SMILES string of the molecule is O=C(OC(=O)c1ccccc1)c1ccccc1.[Cu].[Cu]. The maximum Gasteiger partial charge on any atom is 0.346 e. The topological polar surface area (TPSA) is 43.4 Å². The van der Waals surface area contributed by atoms with Gasteiger partial charge in [-0.3, -0.25) is 0 Å². The molecule has 0 spiro atoms. The molecule has 3 nitrogen and oxygen atoms in total. The molecule has 0 aliphatic heterocycles. The number of carbonyl (C=O) groups excluding carboxylic acids is 2. The molecule has 0 N–H and O–H groups in total. The fourth-order valence-electron chi connectivity index (χ4n) is 1.35. The maximum atomic E-state index is 11.6. The van der Waals surface area contributed by atoms with Crippen molar-refractivity contribution >= 4 is 11.9 Å². The normalized spacial score (nSPS) is 8.63. The first-order valence-electron chi connectivity index (χ1n) is 5.14. The summed E-state index contributed by atoms with van der Waals surface area (Å²) in [5.74, 6) is -1.28. The third-order valence-electron chi connectivity index (χ3n) is 2.20. The van der Waals surface area contributed by atoms with Crippen molar-refractivity contribution in [1.29, 1.82) is 0 Å². The molecule has 2 rings (SSSR count). The standard InChI is InChI=1S/C14H10O3.2Cu/c15-13(11-7-3-1-4-8-11)17-14(16)12-9-5-2-6-10-12;;/h1-10H;;. The Balaban J connectivity index is 0.00000162. The van der Waals surface area contributed by atoms with Crippen molar-refractivity contribution in [3.63, 3.8) is 0 Å². The molecule has 0 aliphatic rings. The van der Waals surface area contributed by atoms with Gasteiger partial charge in [-0.1, -0.05) is 36.4 Å². The molecule has 0 saturated heterocycles. The van der Waals surface area contributed by atoms with Gasteiger partial charge in [0.1, 0.15) is 0 Å². The Morgan fingerprint density at radius 3 is 1.26 bits per heavy atom. The minimum atomic E-state index is -0.639.